The molecule has 0 amide bonds. The van der Waals surface area contributed by atoms with Crippen LogP contribution in [0.3, 0.4) is 0 Å². The van der Waals surface area contributed by atoms with Gasteiger partial charge in [-0.15, -0.1) is 6.58 Å². The van der Waals surface area contributed by atoms with Crippen molar-refractivity contribution in [2.75, 3.05) is 26.9 Å². The molecule has 0 aromatic carbocycles. The monoisotopic (exact) mass is 418 g/mol. The molecule has 29 heavy (non-hydrogen) atoms. The van der Waals surface area contributed by atoms with Gasteiger partial charge in [-0.05, 0) is 40.0 Å². The van der Waals surface area contributed by atoms with Gasteiger partial charge in [0.2, 0.25) is 5.79 Å². The van der Waals surface area contributed by atoms with Gasteiger partial charge in [0.1, 0.15) is 13.2 Å². The minimum absolute atomic E-state index is 0.205. The van der Waals surface area contributed by atoms with Crippen LogP contribution < -0.4 is 0 Å². The zero-order valence-corrected chi connectivity index (χ0v) is 19.0. The van der Waals surface area contributed by atoms with Crippen molar-refractivity contribution in [2.24, 2.45) is 0 Å². The minimum atomic E-state index is -0.897. The van der Waals surface area contributed by atoms with E-state index in [1.54, 1.807) is 21.0 Å². The van der Waals surface area contributed by atoms with Crippen LogP contribution in [0.15, 0.2) is 12.2 Å². The molecule has 1 fully saturated rings. The van der Waals surface area contributed by atoms with Crippen molar-refractivity contribution in [3.63, 3.8) is 0 Å². The summed E-state index contributed by atoms with van der Waals surface area (Å²) in [5.41, 5.74) is 1.05. The summed E-state index contributed by atoms with van der Waals surface area (Å²) < 4.78 is 5.12. The molecule has 0 aromatic heterocycles. The van der Waals surface area contributed by atoms with Crippen LogP contribution in [0.25, 0.3) is 0 Å². The summed E-state index contributed by atoms with van der Waals surface area (Å²) >= 11 is 0. The van der Waals surface area contributed by atoms with E-state index in [4.69, 9.17) is 34.1 Å². The molecule has 0 radical (unpaired) electrons. The Morgan fingerprint density at radius 3 is 1.79 bits per heavy atom. The Labute approximate surface area is 176 Å². The second kappa shape index (κ2) is 15.3. The summed E-state index contributed by atoms with van der Waals surface area (Å²) in [5, 5.41) is 0. The molecule has 0 spiro atoms. The van der Waals surface area contributed by atoms with Gasteiger partial charge in [-0.3, -0.25) is 0 Å². The summed E-state index contributed by atoms with van der Waals surface area (Å²) in [5.74, 6) is -1.71. The Bertz CT molecular complexity index is 413. The van der Waals surface area contributed by atoms with Crippen LogP contribution in [0.1, 0.15) is 91.4 Å². The molecule has 0 N–H and O–H groups in total. The molecule has 1 rings (SSSR count). The lowest BCUT2D eigenvalue weighted by Crippen LogP contribution is -2.37. The van der Waals surface area contributed by atoms with Crippen molar-refractivity contribution >= 4 is 0 Å². The molecule has 0 saturated heterocycles. The molecule has 0 heterocycles. The van der Waals surface area contributed by atoms with E-state index in [9.17, 15) is 0 Å². The molecular weight excluding hydrogens is 376 g/mol. The van der Waals surface area contributed by atoms with Gasteiger partial charge in [0.15, 0.2) is 5.79 Å². The first kappa shape index (κ1) is 26.5. The van der Waals surface area contributed by atoms with Crippen LogP contribution in [0.2, 0.25) is 0 Å². The van der Waals surface area contributed by atoms with Crippen molar-refractivity contribution < 1.29 is 34.1 Å². The molecule has 0 bridgehead atoms. The minimum Gasteiger partial charge on any atom is -0.351 e. The number of methoxy groups -OCH3 is 1. The first-order valence-corrected chi connectivity index (χ1v) is 11.0. The Kier molecular flexibility index (Phi) is 14.0. The molecule has 1 aliphatic rings. The molecule has 1 saturated carbocycles. The van der Waals surface area contributed by atoms with Crippen molar-refractivity contribution in [3.8, 4) is 0 Å². The van der Waals surface area contributed by atoms with Gasteiger partial charge >= 0.3 is 0 Å². The second-order valence-electron chi connectivity index (χ2n) is 8.27. The number of ether oxygens (including phenoxy) is 1. The normalized spacial score (nSPS) is 18.9. The SMILES string of the molecule is C=C(C)CCOOC1(OOCCOOC(C)(C)OC)CCCCCCCCCC1. The zero-order valence-electron chi connectivity index (χ0n) is 19.0. The fraction of sp³-hybridized carbons (Fsp3) is 0.909. The molecule has 172 valence electrons. The Morgan fingerprint density at radius 2 is 1.28 bits per heavy atom. The van der Waals surface area contributed by atoms with E-state index in [1.807, 2.05) is 6.92 Å². The van der Waals surface area contributed by atoms with Gasteiger partial charge in [0.25, 0.3) is 0 Å². The lowest BCUT2D eigenvalue weighted by Gasteiger charge is -2.31. The quantitative estimate of drug-likeness (QED) is 0.123. The summed E-state index contributed by atoms with van der Waals surface area (Å²) in [4.78, 5) is 32.8. The molecule has 0 aromatic rings. The number of hydrogen-bond acceptors (Lipinski definition) is 7. The van der Waals surface area contributed by atoms with Crippen LogP contribution in [-0.4, -0.2) is 38.5 Å². The molecule has 0 unspecified atom stereocenters. The lowest BCUT2D eigenvalue weighted by atomic mass is 10.0. The third-order valence-corrected chi connectivity index (χ3v) is 4.90. The summed E-state index contributed by atoms with van der Waals surface area (Å²) in [6.45, 7) is 10.2. The van der Waals surface area contributed by atoms with Crippen molar-refractivity contribution in [1.82, 2.24) is 0 Å². The maximum atomic E-state index is 5.79. The molecular formula is C22H42O7. The second-order valence-corrected chi connectivity index (χ2v) is 8.27. The zero-order chi connectivity index (χ0) is 21.4. The van der Waals surface area contributed by atoms with E-state index >= 15 is 0 Å². The molecule has 0 aliphatic heterocycles. The molecule has 7 nitrogen and oxygen atoms in total. The standard InChI is InChI=1S/C22H42O7/c1-20(2)14-17-24-28-22(15-12-10-8-6-7-9-11-13-16-22)29-26-19-18-25-27-21(3,4)23-5/h1,6-19H2,2-5H3. The summed E-state index contributed by atoms with van der Waals surface area (Å²) in [6, 6.07) is 0. The maximum Gasteiger partial charge on any atom is 0.233 e. The van der Waals surface area contributed by atoms with E-state index in [2.05, 4.69) is 6.58 Å². The highest BCUT2D eigenvalue weighted by atomic mass is 17.3. The van der Waals surface area contributed by atoms with Crippen LogP contribution >= 0.6 is 0 Å². The fourth-order valence-electron chi connectivity index (χ4n) is 2.95. The van der Waals surface area contributed by atoms with Gasteiger partial charge in [-0.1, -0.05) is 44.1 Å². The van der Waals surface area contributed by atoms with Crippen LogP contribution in [0.5, 0.6) is 0 Å². The van der Waals surface area contributed by atoms with E-state index in [0.717, 1.165) is 50.5 Å². The third kappa shape index (κ3) is 13.4. The Morgan fingerprint density at radius 1 is 0.793 bits per heavy atom. The molecule has 7 heteroatoms. The molecule has 1 aliphatic carbocycles. The van der Waals surface area contributed by atoms with Crippen molar-refractivity contribution in [1.29, 1.82) is 0 Å². The lowest BCUT2D eigenvalue weighted by molar-refractivity contribution is -0.518. The molecule has 0 atom stereocenters. The van der Waals surface area contributed by atoms with Gasteiger partial charge in [-0.2, -0.15) is 9.78 Å². The van der Waals surface area contributed by atoms with E-state index in [-0.39, 0.29) is 13.2 Å². The van der Waals surface area contributed by atoms with Gasteiger partial charge in [0.05, 0.1) is 6.61 Å². The van der Waals surface area contributed by atoms with Crippen LogP contribution in [0.4, 0.5) is 0 Å². The highest BCUT2D eigenvalue weighted by molar-refractivity contribution is 4.86. The largest absolute Gasteiger partial charge is 0.351 e. The van der Waals surface area contributed by atoms with Crippen molar-refractivity contribution in [2.45, 2.75) is 103 Å². The van der Waals surface area contributed by atoms with Crippen molar-refractivity contribution in [3.05, 3.63) is 12.2 Å². The summed E-state index contributed by atoms with van der Waals surface area (Å²) in [7, 11) is 1.56. The average molecular weight is 419 g/mol. The predicted octanol–water partition coefficient (Wildman–Crippen LogP) is 5.79. The van der Waals surface area contributed by atoms with Gasteiger partial charge < -0.3 is 4.74 Å². The predicted molar refractivity (Wildman–Crippen MR) is 111 cm³/mol. The smallest absolute Gasteiger partial charge is 0.233 e. The van der Waals surface area contributed by atoms with Gasteiger partial charge in [-0.25, -0.2) is 19.6 Å². The topological polar surface area (TPSA) is 64.6 Å². The number of hydrogen-bond donors (Lipinski definition) is 0. The van der Waals surface area contributed by atoms with E-state index in [1.165, 1.54) is 25.7 Å². The summed E-state index contributed by atoms with van der Waals surface area (Å²) in [6.07, 6.45) is 11.6. The Hall–Kier alpha value is -0.540. The van der Waals surface area contributed by atoms with Crippen LogP contribution in [-0.2, 0) is 34.1 Å². The van der Waals surface area contributed by atoms with E-state index in [0.29, 0.717) is 6.61 Å². The third-order valence-electron chi connectivity index (χ3n) is 4.90. The maximum absolute atomic E-state index is 5.79. The van der Waals surface area contributed by atoms with Crippen LogP contribution in [0, 0.1) is 0 Å². The average Bonchev–Trinajstić information content (AvgIpc) is 2.73. The van der Waals surface area contributed by atoms with E-state index < -0.39 is 11.6 Å². The first-order chi connectivity index (χ1) is 13.9. The number of rotatable bonds is 13. The highest BCUT2D eigenvalue weighted by Gasteiger charge is 2.35. The first-order valence-electron chi connectivity index (χ1n) is 11.0. The Balaban J connectivity index is 2.51. The van der Waals surface area contributed by atoms with Gasteiger partial charge in [0, 0.05) is 20.0 Å². The fourth-order valence-corrected chi connectivity index (χ4v) is 2.95. The highest BCUT2D eigenvalue weighted by Crippen LogP contribution is 2.30.